The van der Waals surface area contributed by atoms with Gasteiger partial charge in [0.05, 0.1) is 0 Å². The summed E-state index contributed by atoms with van der Waals surface area (Å²) >= 11 is 5.74. The Morgan fingerprint density at radius 1 is 1.05 bits per heavy atom. The standard InChI is InChI=1S/C14H10ClN3O3/c15-11-3-1-9(2-4-11)12(14(20)21)17-18-13(19)10-5-7-16-8-6-10/h1-8H,(H,18,19)(H,20,21)/b17-12-. The number of hydrogen-bond donors (Lipinski definition) is 2. The third-order valence-electron chi connectivity index (χ3n) is 2.53. The monoisotopic (exact) mass is 303 g/mol. The van der Waals surface area contributed by atoms with Crippen LogP contribution in [0.1, 0.15) is 15.9 Å². The van der Waals surface area contributed by atoms with Gasteiger partial charge < -0.3 is 5.11 Å². The third-order valence-corrected chi connectivity index (χ3v) is 2.78. The van der Waals surface area contributed by atoms with E-state index < -0.39 is 11.9 Å². The van der Waals surface area contributed by atoms with Gasteiger partial charge in [-0.15, -0.1) is 0 Å². The number of hydrogen-bond acceptors (Lipinski definition) is 4. The van der Waals surface area contributed by atoms with Gasteiger partial charge in [-0.1, -0.05) is 23.7 Å². The Morgan fingerprint density at radius 2 is 1.67 bits per heavy atom. The number of carboxylic acid groups (broad SMARTS) is 1. The molecule has 21 heavy (non-hydrogen) atoms. The first-order chi connectivity index (χ1) is 10.1. The fourth-order valence-electron chi connectivity index (χ4n) is 1.52. The van der Waals surface area contributed by atoms with Crippen molar-refractivity contribution in [2.45, 2.75) is 0 Å². The highest BCUT2D eigenvalue weighted by atomic mass is 35.5. The van der Waals surface area contributed by atoms with Crippen LogP contribution in [0.25, 0.3) is 0 Å². The first-order valence-electron chi connectivity index (χ1n) is 5.85. The van der Waals surface area contributed by atoms with E-state index in [0.717, 1.165) is 0 Å². The number of pyridine rings is 1. The van der Waals surface area contributed by atoms with Crippen molar-refractivity contribution < 1.29 is 14.7 Å². The van der Waals surface area contributed by atoms with Crippen molar-refractivity contribution >= 4 is 29.2 Å². The summed E-state index contributed by atoms with van der Waals surface area (Å²) in [4.78, 5) is 26.8. The molecular formula is C14H10ClN3O3. The smallest absolute Gasteiger partial charge is 0.356 e. The molecule has 0 atom stereocenters. The van der Waals surface area contributed by atoms with E-state index in [4.69, 9.17) is 16.7 Å². The van der Waals surface area contributed by atoms with Gasteiger partial charge in [-0.3, -0.25) is 9.78 Å². The van der Waals surface area contributed by atoms with Crippen molar-refractivity contribution in [2.24, 2.45) is 5.10 Å². The number of benzene rings is 1. The minimum absolute atomic E-state index is 0.283. The number of aromatic nitrogens is 1. The molecule has 0 aliphatic rings. The second kappa shape index (κ2) is 6.62. The number of carboxylic acids is 1. The lowest BCUT2D eigenvalue weighted by molar-refractivity contribution is -0.129. The van der Waals surface area contributed by atoms with Gasteiger partial charge in [0.1, 0.15) is 0 Å². The molecule has 106 valence electrons. The molecule has 0 saturated heterocycles. The van der Waals surface area contributed by atoms with Crippen molar-refractivity contribution in [3.05, 3.63) is 64.9 Å². The van der Waals surface area contributed by atoms with E-state index in [1.807, 2.05) is 0 Å². The molecule has 2 aromatic rings. The summed E-state index contributed by atoms with van der Waals surface area (Å²) in [5.74, 6) is -1.78. The van der Waals surface area contributed by atoms with Gasteiger partial charge in [0.25, 0.3) is 5.91 Å². The van der Waals surface area contributed by atoms with Crippen molar-refractivity contribution in [3.8, 4) is 0 Å². The lowest BCUT2D eigenvalue weighted by atomic mass is 10.1. The molecule has 0 saturated carbocycles. The molecule has 2 N–H and O–H groups in total. The van der Waals surface area contributed by atoms with Crippen molar-refractivity contribution in [3.63, 3.8) is 0 Å². The molecule has 0 unspecified atom stereocenters. The SMILES string of the molecule is O=C(O)/C(=N\NC(=O)c1ccncc1)c1ccc(Cl)cc1. The van der Waals surface area contributed by atoms with Gasteiger partial charge in [-0.2, -0.15) is 5.10 Å². The predicted octanol–water partition coefficient (Wildman–Crippen LogP) is 1.95. The molecule has 0 spiro atoms. The number of carbonyl (C=O) groups is 2. The van der Waals surface area contributed by atoms with Crippen LogP contribution in [0, 0.1) is 0 Å². The Labute approximate surface area is 125 Å². The van der Waals surface area contributed by atoms with E-state index in [-0.39, 0.29) is 5.71 Å². The molecule has 1 aromatic heterocycles. The van der Waals surface area contributed by atoms with E-state index in [9.17, 15) is 9.59 Å². The van der Waals surface area contributed by atoms with Crippen molar-refractivity contribution in [1.29, 1.82) is 0 Å². The summed E-state index contributed by atoms with van der Waals surface area (Å²) < 4.78 is 0. The van der Waals surface area contributed by atoms with Crippen molar-refractivity contribution in [1.82, 2.24) is 10.4 Å². The molecule has 0 bridgehead atoms. The topological polar surface area (TPSA) is 91.6 Å². The molecule has 7 heteroatoms. The van der Waals surface area contributed by atoms with Gasteiger partial charge in [-0.05, 0) is 24.3 Å². The van der Waals surface area contributed by atoms with E-state index in [2.05, 4.69) is 15.5 Å². The number of carbonyl (C=O) groups excluding carboxylic acids is 1. The zero-order chi connectivity index (χ0) is 15.2. The molecule has 1 amide bonds. The molecular weight excluding hydrogens is 294 g/mol. The Balaban J connectivity index is 2.21. The van der Waals surface area contributed by atoms with Crippen LogP contribution in [0.5, 0.6) is 0 Å². The maximum atomic E-state index is 11.8. The first-order valence-corrected chi connectivity index (χ1v) is 6.23. The maximum Gasteiger partial charge on any atom is 0.356 e. The Kier molecular flexibility index (Phi) is 4.63. The number of hydrazone groups is 1. The summed E-state index contributed by atoms with van der Waals surface area (Å²) in [5.41, 5.74) is 2.58. The lowest BCUT2D eigenvalue weighted by Gasteiger charge is -2.03. The largest absolute Gasteiger partial charge is 0.476 e. The highest BCUT2D eigenvalue weighted by molar-refractivity contribution is 6.42. The molecule has 0 fully saturated rings. The summed E-state index contributed by atoms with van der Waals surface area (Å²) in [6.07, 6.45) is 2.91. The van der Waals surface area contributed by atoms with Crippen LogP contribution in [-0.4, -0.2) is 27.7 Å². The first kappa shape index (κ1) is 14.7. The Hall–Kier alpha value is -2.73. The highest BCUT2D eigenvalue weighted by Gasteiger charge is 2.13. The number of nitrogens with zero attached hydrogens (tertiary/aromatic N) is 2. The second-order valence-electron chi connectivity index (χ2n) is 3.95. The molecule has 1 aromatic carbocycles. The van der Waals surface area contributed by atoms with E-state index in [0.29, 0.717) is 16.1 Å². The lowest BCUT2D eigenvalue weighted by Crippen LogP contribution is -2.24. The zero-order valence-electron chi connectivity index (χ0n) is 10.7. The van der Waals surface area contributed by atoms with Crippen LogP contribution in [0.15, 0.2) is 53.9 Å². The number of aliphatic carboxylic acids is 1. The summed E-state index contributed by atoms with van der Waals surface area (Å²) in [5, 5.41) is 13.3. The van der Waals surface area contributed by atoms with Crippen LogP contribution in [-0.2, 0) is 4.79 Å². The summed E-state index contributed by atoms with van der Waals surface area (Å²) in [6.45, 7) is 0. The average Bonchev–Trinajstić information content (AvgIpc) is 2.49. The minimum Gasteiger partial charge on any atom is -0.476 e. The van der Waals surface area contributed by atoms with Gasteiger partial charge in [0.2, 0.25) is 0 Å². The zero-order valence-corrected chi connectivity index (χ0v) is 11.4. The summed E-state index contributed by atoms with van der Waals surface area (Å²) in [6, 6.07) is 9.09. The van der Waals surface area contributed by atoms with Gasteiger partial charge >= 0.3 is 5.97 Å². The highest BCUT2D eigenvalue weighted by Crippen LogP contribution is 2.10. The van der Waals surface area contributed by atoms with E-state index in [1.54, 1.807) is 12.1 Å². The quantitative estimate of drug-likeness (QED) is 0.667. The molecule has 0 aliphatic carbocycles. The number of halogens is 1. The van der Waals surface area contributed by atoms with Crippen LogP contribution >= 0.6 is 11.6 Å². The Bertz CT molecular complexity index is 684. The molecule has 1 heterocycles. The van der Waals surface area contributed by atoms with E-state index in [1.165, 1.54) is 36.7 Å². The molecule has 6 nitrogen and oxygen atoms in total. The van der Waals surface area contributed by atoms with Crippen LogP contribution in [0.2, 0.25) is 5.02 Å². The fraction of sp³-hybridized carbons (Fsp3) is 0. The second-order valence-corrected chi connectivity index (χ2v) is 4.39. The predicted molar refractivity (Wildman–Crippen MR) is 77.3 cm³/mol. The molecule has 2 rings (SSSR count). The van der Waals surface area contributed by atoms with E-state index >= 15 is 0 Å². The number of amides is 1. The minimum atomic E-state index is -1.26. The Morgan fingerprint density at radius 3 is 2.24 bits per heavy atom. The van der Waals surface area contributed by atoms with Crippen LogP contribution < -0.4 is 5.43 Å². The van der Waals surface area contributed by atoms with Gasteiger partial charge in [0, 0.05) is 28.5 Å². The third kappa shape index (κ3) is 3.87. The van der Waals surface area contributed by atoms with Crippen LogP contribution in [0.4, 0.5) is 0 Å². The molecule has 0 aliphatic heterocycles. The van der Waals surface area contributed by atoms with Crippen molar-refractivity contribution in [2.75, 3.05) is 0 Å². The maximum absolute atomic E-state index is 11.8. The average molecular weight is 304 g/mol. The van der Waals surface area contributed by atoms with Gasteiger partial charge in [-0.25, -0.2) is 10.2 Å². The molecule has 0 radical (unpaired) electrons. The number of rotatable bonds is 4. The summed E-state index contributed by atoms with van der Waals surface area (Å²) in [7, 11) is 0. The fourth-order valence-corrected chi connectivity index (χ4v) is 1.64. The number of nitrogens with one attached hydrogen (secondary N) is 1. The normalized spacial score (nSPS) is 11.0. The van der Waals surface area contributed by atoms with Crippen LogP contribution in [0.3, 0.4) is 0 Å². The van der Waals surface area contributed by atoms with Gasteiger partial charge in [0.15, 0.2) is 5.71 Å².